The number of phosphoric ester groups is 1. The van der Waals surface area contributed by atoms with Gasteiger partial charge >= 0.3 is 0 Å². The van der Waals surface area contributed by atoms with Crippen molar-refractivity contribution in [3.63, 3.8) is 0 Å². The molecule has 9 heteroatoms. The Morgan fingerprint density at radius 3 is 1.01 bits per heavy atom. The van der Waals surface area contributed by atoms with Crippen LogP contribution >= 0.6 is 7.82 Å². The van der Waals surface area contributed by atoms with Gasteiger partial charge in [-0.05, 0) is 38.5 Å². The number of likely N-dealkylation sites (N-methyl/N-ethyl adjacent to an activating group) is 1. The zero-order valence-corrected chi connectivity index (χ0v) is 53.6. The number of aliphatic hydroxyl groups is 1. The summed E-state index contributed by atoms with van der Waals surface area (Å²) in [6.45, 7) is 4.79. The molecule has 0 fully saturated rings. The second-order valence-electron chi connectivity index (χ2n) is 25.2. The molecular weight excluding hydrogens is 972 g/mol. The molecule has 0 radical (unpaired) electrons. The van der Waals surface area contributed by atoms with Crippen LogP contribution in [-0.4, -0.2) is 68.5 Å². The number of nitrogens with one attached hydrogen (secondary N) is 1. The van der Waals surface area contributed by atoms with Gasteiger partial charge in [0, 0.05) is 6.42 Å². The van der Waals surface area contributed by atoms with E-state index in [1.165, 1.54) is 302 Å². The summed E-state index contributed by atoms with van der Waals surface area (Å²) in [6, 6.07) is -0.799. The summed E-state index contributed by atoms with van der Waals surface area (Å²) >= 11 is 0. The number of rotatable bonds is 65. The highest BCUT2D eigenvalue weighted by molar-refractivity contribution is 7.45. The highest BCUT2D eigenvalue weighted by Crippen LogP contribution is 2.38. The standard InChI is InChI=1S/C68H137N2O6P/c1-6-8-10-12-14-16-18-20-22-24-26-28-30-32-33-34-35-36-38-40-42-44-46-48-50-52-54-56-58-60-62-68(72)69-66(65-76-77(73,74)75-64-63-70(3,4)5)67(71)61-59-57-55-53-51-49-47-45-43-41-39-37-31-29-27-25-23-21-19-17-15-13-11-9-7-2/h32-33,66-67,71H,6-31,34-65H2,1-5H3,(H-,69,72,73,74)/b33-32-. The quantitative estimate of drug-likeness (QED) is 0.0272. The van der Waals surface area contributed by atoms with E-state index in [-0.39, 0.29) is 19.1 Å². The van der Waals surface area contributed by atoms with Crippen molar-refractivity contribution >= 4 is 13.7 Å². The molecule has 77 heavy (non-hydrogen) atoms. The van der Waals surface area contributed by atoms with Gasteiger partial charge in [0.15, 0.2) is 0 Å². The zero-order valence-electron chi connectivity index (χ0n) is 52.7. The molecule has 0 saturated carbocycles. The van der Waals surface area contributed by atoms with Crippen LogP contribution in [0, 0.1) is 0 Å². The van der Waals surface area contributed by atoms with Gasteiger partial charge in [-0.2, -0.15) is 0 Å². The second-order valence-corrected chi connectivity index (χ2v) is 26.7. The van der Waals surface area contributed by atoms with E-state index >= 15 is 0 Å². The highest BCUT2D eigenvalue weighted by Gasteiger charge is 2.24. The first-order valence-electron chi connectivity index (χ1n) is 34.5. The summed E-state index contributed by atoms with van der Waals surface area (Å²) < 4.78 is 23.5. The van der Waals surface area contributed by atoms with E-state index in [1.807, 2.05) is 21.1 Å². The van der Waals surface area contributed by atoms with Gasteiger partial charge in [0.1, 0.15) is 13.2 Å². The number of unbranched alkanes of at least 4 members (excludes halogenated alkanes) is 50. The molecule has 0 aliphatic carbocycles. The summed E-state index contributed by atoms with van der Waals surface area (Å²) in [4.78, 5) is 25.7. The van der Waals surface area contributed by atoms with Crippen molar-refractivity contribution in [3.05, 3.63) is 12.2 Å². The van der Waals surface area contributed by atoms with Crippen molar-refractivity contribution in [2.24, 2.45) is 0 Å². The van der Waals surface area contributed by atoms with Crippen LogP contribution in [0.1, 0.15) is 367 Å². The lowest BCUT2D eigenvalue weighted by atomic mass is 10.0. The lowest BCUT2D eigenvalue weighted by Crippen LogP contribution is -2.46. The van der Waals surface area contributed by atoms with Gasteiger partial charge in [0.2, 0.25) is 5.91 Å². The maximum absolute atomic E-state index is 13.1. The number of phosphoric acid groups is 1. The van der Waals surface area contributed by atoms with Crippen LogP contribution in [0.5, 0.6) is 0 Å². The van der Waals surface area contributed by atoms with E-state index in [9.17, 15) is 19.4 Å². The second kappa shape index (κ2) is 59.8. The third-order valence-corrected chi connectivity index (χ3v) is 17.2. The predicted molar refractivity (Wildman–Crippen MR) is 335 cm³/mol. The van der Waals surface area contributed by atoms with Crippen LogP contribution in [0.15, 0.2) is 12.2 Å². The van der Waals surface area contributed by atoms with Gasteiger partial charge in [-0.1, -0.05) is 334 Å². The monoisotopic (exact) mass is 1110 g/mol. The molecule has 3 atom stereocenters. The maximum atomic E-state index is 13.1. The van der Waals surface area contributed by atoms with Crippen molar-refractivity contribution < 1.29 is 32.9 Å². The average Bonchev–Trinajstić information content (AvgIpc) is 3.39. The van der Waals surface area contributed by atoms with Crippen molar-refractivity contribution in [1.82, 2.24) is 5.32 Å². The minimum atomic E-state index is -4.58. The average molecular weight is 1110 g/mol. The fraction of sp³-hybridized carbons (Fsp3) is 0.956. The van der Waals surface area contributed by atoms with Gasteiger partial charge in [0.05, 0.1) is 39.9 Å². The number of amides is 1. The van der Waals surface area contributed by atoms with Crippen LogP contribution in [0.3, 0.4) is 0 Å². The first kappa shape index (κ1) is 76.2. The number of quaternary nitrogens is 1. The topological polar surface area (TPSA) is 108 Å². The third-order valence-electron chi connectivity index (χ3n) is 16.3. The fourth-order valence-corrected chi connectivity index (χ4v) is 11.6. The summed E-state index contributed by atoms with van der Waals surface area (Å²) in [5, 5.41) is 14.1. The Morgan fingerprint density at radius 2 is 0.714 bits per heavy atom. The van der Waals surface area contributed by atoms with Crippen LogP contribution in [0.4, 0.5) is 0 Å². The molecule has 0 aromatic heterocycles. The van der Waals surface area contributed by atoms with Crippen molar-refractivity contribution in [3.8, 4) is 0 Å². The molecule has 0 saturated heterocycles. The van der Waals surface area contributed by atoms with E-state index in [4.69, 9.17) is 9.05 Å². The summed E-state index contributed by atoms with van der Waals surface area (Å²) in [5.41, 5.74) is 0. The predicted octanol–water partition coefficient (Wildman–Crippen LogP) is 21.1. The molecule has 460 valence electrons. The zero-order chi connectivity index (χ0) is 56.3. The molecule has 0 aromatic carbocycles. The van der Waals surface area contributed by atoms with Crippen molar-refractivity contribution in [1.29, 1.82) is 0 Å². The third kappa shape index (κ3) is 62.7. The number of nitrogens with zero attached hydrogens (tertiary/aromatic N) is 1. The molecule has 0 heterocycles. The Morgan fingerprint density at radius 1 is 0.442 bits per heavy atom. The molecule has 0 aliphatic rings. The molecular formula is C68H137N2O6P. The largest absolute Gasteiger partial charge is 0.756 e. The van der Waals surface area contributed by atoms with Crippen molar-refractivity contribution in [2.75, 3.05) is 40.9 Å². The molecule has 3 unspecified atom stereocenters. The number of allylic oxidation sites excluding steroid dienone is 2. The number of carbonyl (C=O) groups excluding carboxylic acids is 1. The molecule has 0 rings (SSSR count). The maximum Gasteiger partial charge on any atom is 0.268 e. The summed E-state index contributed by atoms with van der Waals surface area (Å²) in [5.74, 6) is -0.156. The minimum absolute atomic E-state index is 0.0154. The summed E-state index contributed by atoms with van der Waals surface area (Å²) in [6.07, 6.45) is 75.7. The Kier molecular flexibility index (Phi) is 59.3. The van der Waals surface area contributed by atoms with E-state index in [1.54, 1.807) is 0 Å². The van der Waals surface area contributed by atoms with Gasteiger partial charge < -0.3 is 28.8 Å². The van der Waals surface area contributed by atoms with Gasteiger partial charge in [-0.15, -0.1) is 0 Å². The minimum Gasteiger partial charge on any atom is -0.756 e. The normalized spacial score (nSPS) is 13.7. The van der Waals surface area contributed by atoms with E-state index in [0.717, 1.165) is 38.5 Å². The van der Waals surface area contributed by atoms with E-state index in [2.05, 4.69) is 31.3 Å². The molecule has 2 N–H and O–H groups in total. The Hall–Kier alpha value is -0.760. The van der Waals surface area contributed by atoms with Crippen molar-refractivity contribution in [2.45, 2.75) is 379 Å². The highest BCUT2D eigenvalue weighted by atomic mass is 31.2. The van der Waals surface area contributed by atoms with Crippen LogP contribution < -0.4 is 10.2 Å². The fourth-order valence-electron chi connectivity index (χ4n) is 10.9. The SMILES string of the molecule is CCCCCCCCCCCCCC/C=C\CCCCCCCCCCCCCCCCC(=O)NC(COP(=O)([O-])OCC[N+](C)(C)C)C(O)CCCCCCCCCCCCCCCCCCCCCCCCCCC. The van der Waals surface area contributed by atoms with E-state index in [0.29, 0.717) is 23.9 Å². The van der Waals surface area contributed by atoms with E-state index < -0.39 is 20.0 Å². The molecule has 8 nitrogen and oxygen atoms in total. The number of hydrogen-bond donors (Lipinski definition) is 2. The molecule has 0 bridgehead atoms. The summed E-state index contributed by atoms with van der Waals surface area (Å²) in [7, 11) is 1.33. The van der Waals surface area contributed by atoms with Crippen LogP contribution in [-0.2, 0) is 18.4 Å². The Labute approximate surface area is 482 Å². The number of carbonyl (C=O) groups is 1. The molecule has 1 amide bonds. The lowest BCUT2D eigenvalue weighted by Gasteiger charge is -2.30. The molecule has 0 aliphatic heterocycles. The lowest BCUT2D eigenvalue weighted by molar-refractivity contribution is -0.870. The van der Waals surface area contributed by atoms with Gasteiger partial charge in [0.25, 0.3) is 7.82 Å². The smallest absolute Gasteiger partial charge is 0.268 e. The van der Waals surface area contributed by atoms with Crippen LogP contribution in [0.25, 0.3) is 0 Å². The Balaban J connectivity index is 4.01. The van der Waals surface area contributed by atoms with Gasteiger partial charge in [-0.3, -0.25) is 9.36 Å². The first-order valence-corrected chi connectivity index (χ1v) is 36.0. The Bertz CT molecular complexity index is 1260. The number of hydrogen-bond acceptors (Lipinski definition) is 6. The molecule has 0 aromatic rings. The molecule has 0 spiro atoms. The van der Waals surface area contributed by atoms with Gasteiger partial charge in [-0.25, -0.2) is 0 Å². The van der Waals surface area contributed by atoms with Crippen LogP contribution in [0.2, 0.25) is 0 Å². The first-order chi connectivity index (χ1) is 37.5. The number of aliphatic hydroxyl groups excluding tert-OH is 1.